The molecule has 0 radical (unpaired) electrons. The van der Waals surface area contributed by atoms with E-state index in [4.69, 9.17) is 10.5 Å². The van der Waals surface area contributed by atoms with Crippen LogP contribution in [-0.2, 0) is 20.9 Å². The number of rotatable bonds is 4. The van der Waals surface area contributed by atoms with E-state index in [1.165, 1.54) is 6.92 Å². The Balaban J connectivity index is 0.000000198. The van der Waals surface area contributed by atoms with E-state index in [1.54, 1.807) is 12.3 Å². The van der Waals surface area contributed by atoms with Gasteiger partial charge >= 0.3 is 5.97 Å². The fourth-order valence-corrected chi connectivity index (χ4v) is 2.13. The molecule has 1 fully saturated rings. The van der Waals surface area contributed by atoms with Crippen molar-refractivity contribution in [1.82, 2.24) is 4.98 Å². The molecule has 1 aromatic carbocycles. The van der Waals surface area contributed by atoms with Gasteiger partial charge in [-0.2, -0.15) is 0 Å². The minimum absolute atomic E-state index is 0.0856. The molecule has 1 aliphatic rings. The Morgan fingerprint density at radius 2 is 2.04 bits per heavy atom. The number of esters is 1. The van der Waals surface area contributed by atoms with Crippen LogP contribution in [-0.4, -0.2) is 23.3 Å². The number of benzene rings is 1. The zero-order chi connectivity index (χ0) is 17.4. The molecule has 1 atom stereocenters. The van der Waals surface area contributed by atoms with Gasteiger partial charge in [0.25, 0.3) is 0 Å². The summed E-state index contributed by atoms with van der Waals surface area (Å²) in [5, 5.41) is 0. The SMILES string of the molecule is CC(=O)C1CCOC1=O.Nc1ncccc1OCc1ccccc1. The standard InChI is InChI=1S/C12H12N2O.C6H8O3/c13-12-11(7-4-8-14-12)15-9-10-5-2-1-3-6-10;1-4(7)5-2-3-9-6(5)8/h1-8H,9H2,(H2,13,14);5H,2-3H2,1H3. The fraction of sp³-hybridized carbons (Fsp3) is 0.278. The Labute approximate surface area is 140 Å². The number of aromatic nitrogens is 1. The summed E-state index contributed by atoms with van der Waals surface area (Å²) in [6.07, 6.45) is 2.21. The van der Waals surface area contributed by atoms with Crippen LogP contribution < -0.4 is 10.5 Å². The smallest absolute Gasteiger partial charge is 0.316 e. The number of pyridine rings is 1. The predicted molar refractivity (Wildman–Crippen MR) is 89.2 cm³/mol. The highest BCUT2D eigenvalue weighted by Crippen LogP contribution is 2.18. The van der Waals surface area contributed by atoms with Gasteiger partial charge in [-0.25, -0.2) is 4.98 Å². The van der Waals surface area contributed by atoms with Crippen molar-refractivity contribution in [3.63, 3.8) is 0 Å². The molecule has 1 saturated heterocycles. The van der Waals surface area contributed by atoms with E-state index in [-0.39, 0.29) is 11.8 Å². The van der Waals surface area contributed by atoms with Gasteiger partial charge < -0.3 is 15.2 Å². The summed E-state index contributed by atoms with van der Waals surface area (Å²) in [6, 6.07) is 13.6. The Hall–Kier alpha value is -2.89. The van der Waals surface area contributed by atoms with Crippen molar-refractivity contribution in [2.45, 2.75) is 20.0 Å². The first-order chi connectivity index (χ1) is 11.6. The number of nitrogen functional groups attached to an aromatic ring is 1. The van der Waals surface area contributed by atoms with Gasteiger partial charge in [-0.15, -0.1) is 0 Å². The molecule has 0 aliphatic carbocycles. The molecule has 126 valence electrons. The monoisotopic (exact) mass is 328 g/mol. The maximum Gasteiger partial charge on any atom is 0.316 e. The zero-order valence-corrected chi connectivity index (χ0v) is 13.5. The maximum atomic E-state index is 10.6. The summed E-state index contributed by atoms with van der Waals surface area (Å²) in [4.78, 5) is 25.1. The summed E-state index contributed by atoms with van der Waals surface area (Å²) >= 11 is 0. The Kier molecular flexibility index (Phi) is 6.31. The average Bonchev–Trinajstić information content (AvgIpc) is 3.02. The van der Waals surface area contributed by atoms with Crippen molar-refractivity contribution in [3.8, 4) is 5.75 Å². The number of Topliss-reactive ketones (excluding diaryl/α,β-unsaturated/α-hetero) is 1. The third kappa shape index (κ3) is 5.08. The van der Waals surface area contributed by atoms with Crippen LogP contribution in [0.4, 0.5) is 5.82 Å². The molecule has 1 unspecified atom stereocenters. The fourth-order valence-electron chi connectivity index (χ4n) is 2.13. The van der Waals surface area contributed by atoms with Crippen LogP contribution in [0.15, 0.2) is 48.7 Å². The molecule has 0 saturated carbocycles. The number of cyclic esters (lactones) is 1. The number of nitrogens with two attached hydrogens (primary N) is 1. The third-order valence-corrected chi connectivity index (χ3v) is 3.46. The van der Waals surface area contributed by atoms with Crippen molar-refractivity contribution < 1.29 is 19.1 Å². The van der Waals surface area contributed by atoms with E-state index in [2.05, 4.69) is 9.72 Å². The van der Waals surface area contributed by atoms with Crippen molar-refractivity contribution >= 4 is 17.6 Å². The molecule has 2 aromatic rings. The lowest BCUT2D eigenvalue weighted by Gasteiger charge is -2.07. The van der Waals surface area contributed by atoms with E-state index in [9.17, 15) is 9.59 Å². The normalized spacial score (nSPS) is 15.9. The van der Waals surface area contributed by atoms with E-state index < -0.39 is 5.92 Å². The molecule has 2 N–H and O–H groups in total. The van der Waals surface area contributed by atoms with Crippen LogP contribution in [0.25, 0.3) is 0 Å². The minimum Gasteiger partial charge on any atom is -0.485 e. The molecule has 2 heterocycles. The lowest BCUT2D eigenvalue weighted by Crippen LogP contribution is -2.15. The van der Waals surface area contributed by atoms with Crippen LogP contribution in [0.1, 0.15) is 18.9 Å². The Morgan fingerprint density at radius 3 is 2.58 bits per heavy atom. The number of hydrogen-bond donors (Lipinski definition) is 1. The number of hydrogen-bond acceptors (Lipinski definition) is 6. The number of carbonyl (C=O) groups excluding carboxylic acids is 2. The second-order valence-corrected chi connectivity index (χ2v) is 5.28. The van der Waals surface area contributed by atoms with Gasteiger partial charge in [-0.1, -0.05) is 30.3 Å². The second kappa shape index (κ2) is 8.67. The summed E-state index contributed by atoms with van der Waals surface area (Å²) < 4.78 is 10.1. The van der Waals surface area contributed by atoms with Gasteiger partial charge in [0.2, 0.25) is 0 Å². The first-order valence-electron chi connectivity index (χ1n) is 7.62. The zero-order valence-electron chi connectivity index (χ0n) is 13.5. The van der Waals surface area contributed by atoms with Gasteiger partial charge in [-0.05, 0) is 24.6 Å². The molecule has 0 spiro atoms. The number of nitrogens with zero attached hydrogens (tertiary/aromatic N) is 1. The summed E-state index contributed by atoms with van der Waals surface area (Å²) in [5.74, 6) is 0.139. The molecule has 24 heavy (non-hydrogen) atoms. The number of ether oxygens (including phenoxy) is 2. The molecule has 6 nitrogen and oxygen atoms in total. The highest BCUT2D eigenvalue weighted by Gasteiger charge is 2.29. The first-order valence-corrected chi connectivity index (χ1v) is 7.62. The Morgan fingerprint density at radius 1 is 1.29 bits per heavy atom. The predicted octanol–water partition coefficient (Wildman–Crippen LogP) is 2.38. The number of anilines is 1. The van der Waals surface area contributed by atoms with Gasteiger partial charge in [0.05, 0.1) is 6.61 Å². The lowest BCUT2D eigenvalue weighted by molar-refractivity contribution is -0.144. The lowest BCUT2D eigenvalue weighted by atomic mass is 10.1. The molecule has 1 aromatic heterocycles. The molecular weight excluding hydrogens is 308 g/mol. The largest absolute Gasteiger partial charge is 0.485 e. The molecular formula is C18H20N2O4. The average molecular weight is 328 g/mol. The summed E-state index contributed by atoms with van der Waals surface area (Å²) in [5.41, 5.74) is 6.76. The van der Waals surface area contributed by atoms with Crippen LogP contribution in [0.5, 0.6) is 5.75 Å². The van der Waals surface area contributed by atoms with Crippen molar-refractivity contribution in [2.24, 2.45) is 5.92 Å². The van der Waals surface area contributed by atoms with Gasteiger partial charge in [0, 0.05) is 12.6 Å². The summed E-state index contributed by atoms with van der Waals surface area (Å²) in [7, 11) is 0. The maximum absolute atomic E-state index is 10.6. The van der Waals surface area contributed by atoms with Gasteiger partial charge in [0.1, 0.15) is 18.3 Å². The van der Waals surface area contributed by atoms with Crippen molar-refractivity contribution in [2.75, 3.05) is 12.3 Å². The van der Waals surface area contributed by atoms with E-state index in [0.717, 1.165) is 5.56 Å². The van der Waals surface area contributed by atoms with Crippen LogP contribution in [0, 0.1) is 5.92 Å². The number of carbonyl (C=O) groups is 2. The van der Waals surface area contributed by atoms with E-state index in [0.29, 0.717) is 31.2 Å². The van der Waals surface area contributed by atoms with Crippen LogP contribution in [0.3, 0.4) is 0 Å². The molecule has 0 bridgehead atoms. The molecule has 3 rings (SSSR count). The molecule has 6 heteroatoms. The van der Waals surface area contributed by atoms with Crippen LogP contribution in [0.2, 0.25) is 0 Å². The van der Waals surface area contributed by atoms with Crippen LogP contribution >= 0.6 is 0 Å². The van der Waals surface area contributed by atoms with Gasteiger partial charge in [0.15, 0.2) is 11.6 Å². The molecule has 1 aliphatic heterocycles. The highest BCUT2D eigenvalue weighted by atomic mass is 16.5. The summed E-state index contributed by atoms with van der Waals surface area (Å²) in [6.45, 7) is 2.33. The van der Waals surface area contributed by atoms with Crippen molar-refractivity contribution in [1.29, 1.82) is 0 Å². The highest BCUT2D eigenvalue weighted by molar-refractivity contribution is 5.98. The topological polar surface area (TPSA) is 91.5 Å². The van der Waals surface area contributed by atoms with Gasteiger partial charge in [-0.3, -0.25) is 9.59 Å². The van der Waals surface area contributed by atoms with E-state index in [1.807, 2.05) is 36.4 Å². The quantitative estimate of drug-likeness (QED) is 0.684. The second-order valence-electron chi connectivity index (χ2n) is 5.28. The third-order valence-electron chi connectivity index (χ3n) is 3.46. The molecule has 0 amide bonds. The van der Waals surface area contributed by atoms with Crippen molar-refractivity contribution in [3.05, 3.63) is 54.2 Å². The first kappa shape index (κ1) is 17.5. The van der Waals surface area contributed by atoms with E-state index >= 15 is 0 Å². The minimum atomic E-state index is -0.468. The number of ketones is 1. The Bertz CT molecular complexity index is 688.